The summed E-state index contributed by atoms with van der Waals surface area (Å²) in [6, 6.07) is 7.21. The lowest BCUT2D eigenvalue weighted by Gasteiger charge is -2.62. The molecule has 1 aromatic carbocycles. The summed E-state index contributed by atoms with van der Waals surface area (Å²) in [5.74, 6) is 1.68. The first-order chi connectivity index (χ1) is 12.6. The van der Waals surface area contributed by atoms with E-state index in [1.165, 1.54) is 30.6 Å². The maximum Gasteiger partial charge on any atom is 0.120 e. The van der Waals surface area contributed by atoms with Crippen LogP contribution in [-0.4, -0.2) is 55.4 Å². The Kier molecular flexibility index (Phi) is 3.67. The Bertz CT molecular complexity index is 748. The van der Waals surface area contributed by atoms with E-state index in [1.54, 1.807) is 7.11 Å². The summed E-state index contributed by atoms with van der Waals surface area (Å²) < 4.78 is 5.51. The lowest BCUT2D eigenvalue weighted by atomic mass is 9.52. The van der Waals surface area contributed by atoms with Gasteiger partial charge in [0.2, 0.25) is 0 Å². The quantitative estimate of drug-likeness (QED) is 0.829. The van der Waals surface area contributed by atoms with E-state index in [0.29, 0.717) is 17.9 Å². The molecule has 4 heteroatoms. The normalized spacial score (nSPS) is 40.8. The van der Waals surface area contributed by atoms with Crippen LogP contribution < -0.4 is 9.64 Å². The molecule has 1 saturated heterocycles. The van der Waals surface area contributed by atoms with Gasteiger partial charge in [0.25, 0.3) is 0 Å². The summed E-state index contributed by atoms with van der Waals surface area (Å²) in [6.07, 6.45) is 7.86. The van der Waals surface area contributed by atoms with Gasteiger partial charge in [0.05, 0.1) is 19.3 Å². The van der Waals surface area contributed by atoms with Gasteiger partial charge in [0.1, 0.15) is 5.75 Å². The topological polar surface area (TPSA) is 35.9 Å². The summed E-state index contributed by atoms with van der Waals surface area (Å²) in [7, 11) is 3.90. The van der Waals surface area contributed by atoms with Crippen LogP contribution in [0.25, 0.3) is 0 Å². The Morgan fingerprint density at radius 1 is 1.31 bits per heavy atom. The van der Waals surface area contributed by atoms with Crippen molar-refractivity contribution < 1.29 is 9.84 Å². The van der Waals surface area contributed by atoms with Gasteiger partial charge >= 0.3 is 0 Å². The van der Waals surface area contributed by atoms with E-state index in [1.807, 2.05) is 0 Å². The Morgan fingerprint density at radius 2 is 2.15 bits per heavy atom. The van der Waals surface area contributed by atoms with E-state index < -0.39 is 0 Å². The van der Waals surface area contributed by atoms with E-state index >= 15 is 0 Å². The second-order valence-electron chi connectivity index (χ2n) is 8.59. The Hall–Kier alpha value is -1.52. The third-order valence-corrected chi connectivity index (χ3v) is 7.78. The first-order valence-electron chi connectivity index (χ1n) is 10.1. The fourth-order valence-electron chi connectivity index (χ4n) is 6.92. The molecule has 140 valence electrons. The third kappa shape index (κ3) is 1.87. The van der Waals surface area contributed by atoms with Crippen LogP contribution in [0.5, 0.6) is 5.75 Å². The molecule has 26 heavy (non-hydrogen) atoms. The number of anilines is 1. The number of likely N-dealkylation sites (N-methyl/N-ethyl adjacent to an activating group) is 1. The molecular formula is C22H30N2O2. The van der Waals surface area contributed by atoms with Gasteiger partial charge in [0.15, 0.2) is 0 Å². The molecule has 5 rings (SSSR count). The summed E-state index contributed by atoms with van der Waals surface area (Å²) >= 11 is 0. The standard InChI is InChI=1S/C22H30N2O2/c1-4-15-16-7-5-11-24-12-6-10-22(20(16)24)17-9-8-14(26-3)13-18(17)23(2)21(22)19(15)25/h5,7-9,13,15-16,19-21,25H,4,6,10-12H2,1-3H3. The molecule has 0 bridgehead atoms. The largest absolute Gasteiger partial charge is 0.497 e. The maximum absolute atomic E-state index is 11.5. The van der Waals surface area contributed by atoms with Crippen molar-refractivity contribution in [2.24, 2.45) is 11.8 Å². The van der Waals surface area contributed by atoms with Crippen molar-refractivity contribution in [1.82, 2.24) is 4.90 Å². The fraction of sp³-hybridized carbons (Fsp3) is 0.636. The van der Waals surface area contributed by atoms with Gasteiger partial charge < -0.3 is 14.7 Å². The monoisotopic (exact) mass is 354 g/mol. The zero-order valence-electron chi connectivity index (χ0n) is 16.1. The van der Waals surface area contributed by atoms with E-state index in [2.05, 4.69) is 54.1 Å². The highest BCUT2D eigenvalue weighted by atomic mass is 16.5. The van der Waals surface area contributed by atoms with Gasteiger partial charge in [-0.25, -0.2) is 0 Å². The minimum Gasteiger partial charge on any atom is -0.497 e. The minimum atomic E-state index is -0.299. The zero-order valence-corrected chi connectivity index (χ0v) is 16.1. The average molecular weight is 354 g/mol. The molecule has 1 aromatic rings. The van der Waals surface area contributed by atoms with Crippen LogP contribution in [0.1, 0.15) is 31.7 Å². The Labute approximate surface area is 156 Å². The summed E-state index contributed by atoms with van der Waals surface area (Å²) in [5.41, 5.74) is 2.70. The number of aliphatic hydroxyl groups is 1. The highest BCUT2D eigenvalue weighted by Gasteiger charge is 2.66. The SMILES string of the molecule is CCC1C(O)C2N(C)c3cc(OC)ccc3C23CCCN2CC=CC1C23. The van der Waals surface area contributed by atoms with Gasteiger partial charge in [-0.2, -0.15) is 0 Å². The molecule has 2 fully saturated rings. The van der Waals surface area contributed by atoms with Crippen molar-refractivity contribution in [3.05, 3.63) is 35.9 Å². The summed E-state index contributed by atoms with van der Waals surface area (Å²) in [4.78, 5) is 5.06. The van der Waals surface area contributed by atoms with Gasteiger partial charge in [-0.15, -0.1) is 0 Å². The lowest BCUT2D eigenvalue weighted by molar-refractivity contribution is -0.0886. The predicted octanol–water partition coefficient (Wildman–Crippen LogP) is 2.80. The lowest BCUT2D eigenvalue weighted by Crippen LogP contribution is -2.72. The number of aliphatic hydroxyl groups excluding tert-OH is 1. The molecule has 1 saturated carbocycles. The van der Waals surface area contributed by atoms with Crippen molar-refractivity contribution in [1.29, 1.82) is 0 Å². The van der Waals surface area contributed by atoms with Crippen molar-refractivity contribution in [2.45, 2.75) is 49.8 Å². The second kappa shape index (κ2) is 5.74. The van der Waals surface area contributed by atoms with E-state index in [-0.39, 0.29) is 17.6 Å². The number of hydrogen-bond donors (Lipinski definition) is 1. The third-order valence-electron chi connectivity index (χ3n) is 7.78. The number of nitrogens with zero attached hydrogens (tertiary/aromatic N) is 2. The Morgan fingerprint density at radius 3 is 2.92 bits per heavy atom. The van der Waals surface area contributed by atoms with Crippen molar-refractivity contribution >= 4 is 5.69 Å². The average Bonchev–Trinajstić information content (AvgIpc) is 2.91. The van der Waals surface area contributed by atoms with Crippen molar-refractivity contribution in [3.63, 3.8) is 0 Å². The van der Waals surface area contributed by atoms with Crippen LogP contribution >= 0.6 is 0 Å². The first kappa shape index (κ1) is 16.6. The molecule has 4 aliphatic rings. The molecule has 0 amide bonds. The smallest absolute Gasteiger partial charge is 0.120 e. The fourth-order valence-corrected chi connectivity index (χ4v) is 6.92. The van der Waals surface area contributed by atoms with Crippen LogP contribution in [0.15, 0.2) is 30.4 Å². The molecule has 6 unspecified atom stereocenters. The summed E-state index contributed by atoms with van der Waals surface area (Å²) in [5, 5.41) is 11.5. The van der Waals surface area contributed by atoms with Gasteiger partial charge in [0, 0.05) is 36.8 Å². The summed E-state index contributed by atoms with van der Waals surface area (Å²) in [6.45, 7) is 4.47. The van der Waals surface area contributed by atoms with Gasteiger partial charge in [-0.3, -0.25) is 4.90 Å². The molecule has 0 radical (unpaired) electrons. The van der Waals surface area contributed by atoms with Crippen molar-refractivity contribution in [2.75, 3.05) is 32.1 Å². The van der Waals surface area contributed by atoms with Gasteiger partial charge in [-0.05, 0) is 42.9 Å². The van der Waals surface area contributed by atoms with Crippen LogP contribution in [-0.2, 0) is 5.41 Å². The minimum absolute atomic E-state index is 0.0229. The van der Waals surface area contributed by atoms with E-state index in [0.717, 1.165) is 18.7 Å². The van der Waals surface area contributed by atoms with E-state index in [4.69, 9.17) is 4.74 Å². The molecule has 6 atom stereocenters. The van der Waals surface area contributed by atoms with E-state index in [9.17, 15) is 5.11 Å². The van der Waals surface area contributed by atoms with Gasteiger partial charge in [-0.1, -0.05) is 31.6 Å². The number of fused-ring (bicyclic) bond motifs is 1. The highest BCUT2D eigenvalue weighted by molar-refractivity contribution is 5.68. The molecular weight excluding hydrogens is 324 g/mol. The van der Waals surface area contributed by atoms with Crippen LogP contribution in [0.3, 0.4) is 0 Å². The number of piperidine rings is 1. The van der Waals surface area contributed by atoms with Crippen LogP contribution in [0.2, 0.25) is 0 Å². The molecule has 3 heterocycles. The predicted molar refractivity (Wildman–Crippen MR) is 104 cm³/mol. The Balaban J connectivity index is 1.74. The highest BCUT2D eigenvalue weighted by Crippen LogP contribution is 2.61. The molecule has 1 aliphatic carbocycles. The molecule has 1 N–H and O–H groups in total. The van der Waals surface area contributed by atoms with Crippen LogP contribution in [0, 0.1) is 11.8 Å². The molecule has 3 aliphatic heterocycles. The molecule has 1 spiro atoms. The number of benzene rings is 1. The zero-order chi connectivity index (χ0) is 18.1. The second-order valence-corrected chi connectivity index (χ2v) is 8.59. The maximum atomic E-state index is 11.5. The van der Waals surface area contributed by atoms with Crippen molar-refractivity contribution in [3.8, 4) is 5.75 Å². The first-order valence-corrected chi connectivity index (χ1v) is 10.1. The number of hydrogen-bond acceptors (Lipinski definition) is 4. The molecule has 4 nitrogen and oxygen atoms in total. The number of rotatable bonds is 2. The molecule has 0 aromatic heterocycles. The van der Waals surface area contributed by atoms with Crippen LogP contribution in [0.4, 0.5) is 5.69 Å². The number of methoxy groups -OCH3 is 1. The number of ether oxygens (including phenoxy) is 1.